The van der Waals surface area contributed by atoms with Crippen molar-refractivity contribution in [2.24, 2.45) is 9.98 Å². The second-order valence-electron chi connectivity index (χ2n) is 6.94. The molecule has 0 unspecified atom stereocenters. The monoisotopic (exact) mass is 407 g/mol. The maximum Gasteiger partial charge on any atom is 0.183 e. The summed E-state index contributed by atoms with van der Waals surface area (Å²) in [5, 5.41) is 7.42. The number of H-pyrrole nitrogens is 1. The van der Waals surface area contributed by atoms with Gasteiger partial charge in [0.2, 0.25) is 0 Å². The highest BCUT2D eigenvalue weighted by atomic mass is 35.5. The van der Waals surface area contributed by atoms with Crippen LogP contribution in [0, 0.1) is 5.82 Å². The van der Waals surface area contributed by atoms with Crippen LogP contribution in [0.15, 0.2) is 40.3 Å². The van der Waals surface area contributed by atoms with Gasteiger partial charge in [-0.15, -0.1) is 0 Å². The van der Waals surface area contributed by atoms with E-state index in [1.165, 1.54) is 6.07 Å². The number of fused-ring (bicyclic) bond motifs is 1. The zero-order chi connectivity index (χ0) is 20.1. The summed E-state index contributed by atoms with van der Waals surface area (Å²) in [6.45, 7) is 3.47. The minimum absolute atomic E-state index is 0.115. The molecule has 0 aliphatic heterocycles. The van der Waals surface area contributed by atoms with Gasteiger partial charge >= 0.3 is 0 Å². The molecule has 0 bridgehead atoms. The molecule has 0 radical (unpaired) electrons. The predicted octanol–water partition coefficient (Wildman–Crippen LogP) is 4.49. The van der Waals surface area contributed by atoms with E-state index in [-0.39, 0.29) is 18.4 Å². The van der Waals surface area contributed by atoms with E-state index < -0.39 is 11.6 Å². The molecule has 3 N–H and O–H groups in total. The summed E-state index contributed by atoms with van der Waals surface area (Å²) in [6, 6.07) is 3.43. The summed E-state index contributed by atoms with van der Waals surface area (Å²) >= 11 is 5.97. The first kappa shape index (κ1) is 20.5. The largest absolute Gasteiger partial charge is 0.365 e. The highest BCUT2D eigenvalue weighted by Crippen LogP contribution is 2.26. The van der Waals surface area contributed by atoms with Crippen LogP contribution in [-0.4, -0.2) is 36.7 Å². The Bertz CT molecular complexity index is 905. The molecule has 1 aromatic carbocycles. The van der Waals surface area contributed by atoms with Crippen molar-refractivity contribution in [1.82, 2.24) is 15.6 Å². The van der Waals surface area contributed by atoms with E-state index in [1.807, 2.05) is 7.05 Å². The van der Waals surface area contributed by atoms with Crippen molar-refractivity contribution in [3.8, 4) is 0 Å². The van der Waals surface area contributed by atoms with E-state index in [4.69, 9.17) is 11.6 Å². The molecule has 2 aromatic rings. The van der Waals surface area contributed by atoms with Crippen molar-refractivity contribution in [3.05, 3.63) is 46.8 Å². The van der Waals surface area contributed by atoms with Gasteiger partial charge in [0.15, 0.2) is 11.7 Å². The molecule has 8 heteroatoms. The standard InChI is InChI=1S/C20H24ClF2N5/c1-24-11-18(23)20(28-15-5-3-4-14(8-15)25-2)27-10-12-9-26-19-16(12)6-13(21)7-17(19)22/h6-7,9,11,14-15,25-26H,1,3-5,8,10H2,2H3,(H,27,28)/b18-11+/t14-,15+/m1/s1. The molecule has 1 fully saturated rings. The Morgan fingerprint density at radius 2 is 2.18 bits per heavy atom. The number of nitrogens with zero attached hydrogens (tertiary/aromatic N) is 2. The summed E-state index contributed by atoms with van der Waals surface area (Å²) in [5.41, 5.74) is 1.09. The fourth-order valence-electron chi connectivity index (χ4n) is 3.61. The lowest BCUT2D eigenvalue weighted by atomic mass is 9.91. The first-order valence-electron chi connectivity index (χ1n) is 9.27. The minimum atomic E-state index is -0.578. The molecule has 1 saturated carbocycles. The third kappa shape index (κ3) is 4.77. The van der Waals surface area contributed by atoms with Crippen LogP contribution in [0.5, 0.6) is 0 Å². The Kier molecular flexibility index (Phi) is 6.80. The van der Waals surface area contributed by atoms with Crippen molar-refractivity contribution in [2.75, 3.05) is 7.05 Å². The Labute approximate surface area is 168 Å². The van der Waals surface area contributed by atoms with Crippen molar-refractivity contribution < 1.29 is 8.78 Å². The van der Waals surface area contributed by atoms with Crippen LogP contribution >= 0.6 is 11.6 Å². The Morgan fingerprint density at radius 1 is 1.39 bits per heavy atom. The SMILES string of the molecule is C=N/C=C(/F)C(=NCc1c[nH]c2c(F)cc(Cl)cc12)N[C@H]1CCC[C@@H](NC)C1. The number of hydrogen-bond acceptors (Lipinski definition) is 3. The number of rotatable bonds is 6. The van der Waals surface area contributed by atoms with E-state index in [2.05, 4.69) is 32.3 Å². The van der Waals surface area contributed by atoms with Crippen LogP contribution in [-0.2, 0) is 6.54 Å². The Morgan fingerprint density at radius 3 is 2.93 bits per heavy atom. The average molecular weight is 408 g/mol. The van der Waals surface area contributed by atoms with Gasteiger partial charge in [-0.25, -0.2) is 8.78 Å². The summed E-state index contributed by atoms with van der Waals surface area (Å²) < 4.78 is 28.5. The van der Waals surface area contributed by atoms with Crippen LogP contribution in [0.1, 0.15) is 31.2 Å². The molecule has 28 heavy (non-hydrogen) atoms. The van der Waals surface area contributed by atoms with Gasteiger partial charge in [-0.05, 0) is 57.1 Å². The summed E-state index contributed by atoms with van der Waals surface area (Å²) in [6.07, 6.45) is 6.70. The normalized spacial score (nSPS) is 21.1. The smallest absolute Gasteiger partial charge is 0.183 e. The first-order chi connectivity index (χ1) is 13.5. The van der Waals surface area contributed by atoms with E-state index in [1.54, 1.807) is 12.3 Å². The van der Waals surface area contributed by atoms with Crippen LogP contribution in [0.4, 0.5) is 8.78 Å². The lowest BCUT2D eigenvalue weighted by molar-refractivity contribution is 0.337. The molecule has 2 atom stereocenters. The number of nitrogens with one attached hydrogen (secondary N) is 3. The molecule has 3 rings (SSSR count). The summed E-state index contributed by atoms with van der Waals surface area (Å²) in [7, 11) is 1.94. The van der Waals surface area contributed by atoms with Crippen LogP contribution in [0.3, 0.4) is 0 Å². The zero-order valence-electron chi connectivity index (χ0n) is 15.7. The van der Waals surface area contributed by atoms with Gasteiger partial charge in [-0.3, -0.25) is 9.98 Å². The number of hydrogen-bond donors (Lipinski definition) is 3. The van der Waals surface area contributed by atoms with Gasteiger partial charge in [0, 0.05) is 28.7 Å². The van der Waals surface area contributed by atoms with Crippen LogP contribution in [0.25, 0.3) is 10.9 Å². The average Bonchev–Trinajstić information content (AvgIpc) is 3.08. The lowest BCUT2D eigenvalue weighted by Crippen LogP contribution is -2.43. The molecule has 1 aliphatic rings. The van der Waals surface area contributed by atoms with Gasteiger partial charge < -0.3 is 15.6 Å². The van der Waals surface area contributed by atoms with Gasteiger partial charge in [-0.2, -0.15) is 0 Å². The number of aromatic nitrogens is 1. The van der Waals surface area contributed by atoms with Crippen LogP contribution in [0.2, 0.25) is 5.02 Å². The van der Waals surface area contributed by atoms with E-state index in [9.17, 15) is 8.78 Å². The third-order valence-electron chi connectivity index (χ3n) is 5.05. The maximum absolute atomic E-state index is 14.5. The molecular formula is C20H24ClF2N5. The molecule has 1 aromatic heterocycles. The molecule has 5 nitrogen and oxygen atoms in total. The third-order valence-corrected chi connectivity index (χ3v) is 5.27. The number of amidine groups is 1. The highest BCUT2D eigenvalue weighted by molar-refractivity contribution is 6.31. The summed E-state index contributed by atoms with van der Waals surface area (Å²) in [5.74, 6) is -0.880. The van der Waals surface area contributed by atoms with Gasteiger partial charge in [0.1, 0.15) is 5.82 Å². The maximum atomic E-state index is 14.5. The van der Waals surface area contributed by atoms with Gasteiger partial charge in [0.25, 0.3) is 0 Å². The highest BCUT2D eigenvalue weighted by Gasteiger charge is 2.22. The molecule has 1 heterocycles. The van der Waals surface area contributed by atoms with Gasteiger partial charge in [0.05, 0.1) is 18.3 Å². The van der Waals surface area contributed by atoms with Crippen molar-refractivity contribution in [3.63, 3.8) is 0 Å². The minimum Gasteiger partial charge on any atom is -0.365 e. The second-order valence-corrected chi connectivity index (χ2v) is 7.38. The van der Waals surface area contributed by atoms with Crippen molar-refractivity contribution in [2.45, 2.75) is 44.3 Å². The molecule has 0 spiro atoms. The number of halogens is 3. The van der Waals surface area contributed by atoms with E-state index in [0.29, 0.717) is 22.0 Å². The first-order valence-corrected chi connectivity index (χ1v) is 9.64. The quantitative estimate of drug-likeness (QED) is 0.488. The van der Waals surface area contributed by atoms with Crippen LogP contribution < -0.4 is 10.6 Å². The second kappa shape index (κ2) is 9.30. The van der Waals surface area contributed by atoms with Crippen molar-refractivity contribution in [1.29, 1.82) is 0 Å². The van der Waals surface area contributed by atoms with Crippen molar-refractivity contribution >= 4 is 35.1 Å². The number of aromatic amines is 1. The fourth-order valence-corrected chi connectivity index (χ4v) is 3.82. The number of aliphatic imine (C=N–C) groups is 2. The molecule has 0 saturated heterocycles. The zero-order valence-corrected chi connectivity index (χ0v) is 16.5. The fraction of sp³-hybridized carbons (Fsp3) is 0.400. The van der Waals surface area contributed by atoms with Gasteiger partial charge in [-0.1, -0.05) is 11.6 Å². The predicted molar refractivity (Wildman–Crippen MR) is 111 cm³/mol. The number of benzene rings is 1. The topological polar surface area (TPSA) is 64.6 Å². The molecule has 150 valence electrons. The lowest BCUT2D eigenvalue weighted by Gasteiger charge is -2.30. The summed E-state index contributed by atoms with van der Waals surface area (Å²) in [4.78, 5) is 10.8. The van der Waals surface area contributed by atoms with E-state index >= 15 is 0 Å². The molecule has 0 amide bonds. The Hall–Kier alpha value is -2.25. The van der Waals surface area contributed by atoms with E-state index in [0.717, 1.165) is 37.4 Å². The molecular weight excluding hydrogens is 384 g/mol. The molecule has 1 aliphatic carbocycles. The Balaban J connectivity index is 1.83.